The van der Waals surface area contributed by atoms with Crippen LogP contribution in [0.3, 0.4) is 0 Å². The van der Waals surface area contributed by atoms with Crippen molar-refractivity contribution in [2.24, 2.45) is 0 Å². The third kappa shape index (κ3) is 7.00. The zero-order valence-corrected chi connectivity index (χ0v) is 44.7. The molecule has 0 bridgehead atoms. The summed E-state index contributed by atoms with van der Waals surface area (Å²) < 4.78 is 7.06. The first-order chi connectivity index (χ1) is 34.8. The summed E-state index contributed by atoms with van der Waals surface area (Å²) in [6.07, 6.45) is 4.64. The maximum Gasteiger partial charge on any atom is 0.252 e. The summed E-state index contributed by atoms with van der Waals surface area (Å²) in [6, 6.07) is 62.1. The van der Waals surface area contributed by atoms with Gasteiger partial charge in [0.1, 0.15) is 5.58 Å². The van der Waals surface area contributed by atoms with Crippen molar-refractivity contribution < 1.29 is 4.42 Å². The van der Waals surface area contributed by atoms with Gasteiger partial charge in [-0.1, -0.05) is 161 Å². The predicted molar refractivity (Wildman–Crippen MR) is 312 cm³/mol. The van der Waals surface area contributed by atoms with Crippen LogP contribution in [0.2, 0.25) is 0 Å². The molecule has 0 radical (unpaired) electrons. The summed E-state index contributed by atoms with van der Waals surface area (Å²) in [6.45, 7) is 26.8. The van der Waals surface area contributed by atoms with Gasteiger partial charge in [0.05, 0.1) is 5.69 Å². The average molecular weight is 954 g/mol. The Hall–Kier alpha value is -6.98. The Labute approximate surface area is 433 Å². The van der Waals surface area contributed by atoms with E-state index in [4.69, 9.17) is 4.42 Å². The molecular weight excluding hydrogens is 886 g/mol. The Bertz CT molecular complexity index is 3660. The summed E-state index contributed by atoms with van der Waals surface area (Å²) in [5.74, 6) is 0. The lowest BCUT2D eigenvalue weighted by Crippen LogP contribution is -2.62. The Morgan fingerprint density at radius 1 is 0.438 bits per heavy atom. The minimum Gasteiger partial charge on any atom is -0.454 e. The molecule has 3 heterocycles. The molecule has 8 aromatic carbocycles. The average Bonchev–Trinajstić information content (AvgIpc) is 3.77. The fourth-order valence-electron chi connectivity index (χ4n) is 13.4. The second-order valence-corrected chi connectivity index (χ2v) is 25.5. The van der Waals surface area contributed by atoms with E-state index in [2.05, 4.69) is 255 Å². The largest absolute Gasteiger partial charge is 0.454 e. The van der Waals surface area contributed by atoms with Gasteiger partial charge in [-0.15, -0.1) is 0 Å². The highest BCUT2D eigenvalue weighted by Crippen LogP contribution is 2.54. The van der Waals surface area contributed by atoms with Crippen molar-refractivity contribution in [1.82, 2.24) is 0 Å². The molecule has 2 aliphatic heterocycles. The smallest absolute Gasteiger partial charge is 0.252 e. The summed E-state index contributed by atoms with van der Waals surface area (Å²) in [7, 11) is 0. The van der Waals surface area contributed by atoms with E-state index in [-0.39, 0.29) is 33.8 Å². The lowest BCUT2D eigenvalue weighted by atomic mass is 9.33. The van der Waals surface area contributed by atoms with Gasteiger partial charge in [-0.25, -0.2) is 0 Å². The van der Waals surface area contributed by atoms with Crippen molar-refractivity contribution in [3.05, 3.63) is 192 Å². The summed E-state index contributed by atoms with van der Waals surface area (Å²) in [5, 5.41) is 2.24. The number of hydrogen-bond acceptors (Lipinski definition) is 4. The van der Waals surface area contributed by atoms with Crippen molar-refractivity contribution in [3.63, 3.8) is 0 Å². The Balaban J connectivity index is 1.17. The lowest BCUT2D eigenvalue weighted by molar-refractivity contribution is 0.332. The van der Waals surface area contributed by atoms with Crippen LogP contribution in [0.1, 0.15) is 130 Å². The first-order valence-electron chi connectivity index (χ1n) is 26.9. The molecule has 9 aromatic rings. The number of rotatable bonds is 5. The number of benzene rings is 8. The van der Waals surface area contributed by atoms with Crippen molar-refractivity contribution in [2.75, 3.05) is 14.7 Å². The summed E-state index contributed by atoms with van der Waals surface area (Å²) in [5.41, 5.74) is 23.5. The van der Waals surface area contributed by atoms with E-state index in [1.54, 1.807) is 0 Å². The van der Waals surface area contributed by atoms with Gasteiger partial charge in [0.2, 0.25) is 0 Å². The standard InChI is InChI=1S/C68H68BN3O/c1-64(2,3)43-37-59-62-60(38-43)72(56-27-20-26-49-48-25-18-19-28-61(48)73-63(49)56)57-40-47(70(44-21-14-12-15-22-44)45-23-16-13-17-24-45)30-32-54(57)69(62)55-41-52-53(68(10,11)36-35-67(52,8)9)42-58(55)71(59)46-29-31-50-51(39-46)66(6,7)34-33-65(50,4)5/h12-32,37-42H,33-36H2,1-11H3. The van der Waals surface area contributed by atoms with E-state index < -0.39 is 0 Å². The van der Waals surface area contributed by atoms with Gasteiger partial charge in [0.15, 0.2) is 5.58 Å². The van der Waals surface area contributed by atoms with Crippen LogP contribution in [0.15, 0.2) is 168 Å². The van der Waals surface area contributed by atoms with Gasteiger partial charge in [0.25, 0.3) is 6.71 Å². The summed E-state index contributed by atoms with van der Waals surface area (Å²) >= 11 is 0. The van der Waals surface area contributed by atoms with Crippen LogP contribution in [0, 0.1) is 0 Å². The minimum atomic E-state index is -0.173. The van der Waals surface area contributed by atoms with E-state index in [9.17, 15) is 0 Å². The molecule has 5 heteroatoms. The fourth-order valence-corrected chi connectivity index (χ4v) is 13.4. The van der Waals surface area contributed by atoms with E-state index in [1.807, 2.05) is 0 Å². The van der Waals surface area contributed by atoms with Crippen LogP contribution in [0.25, 0.3) is 21.9 Å². The number of nitrogens with zero attached hydrogens (tertiary/aromatic N) is 3. The molecule has 4 nitrogen and oxygen atoms in total. The van der Waals surface area contributed by atoms with Crippen LogP contribution in [0.5, 0.6) is 0 Å². The lowest BCUT2D eigenvalue weighted by Gasteiger charge is -2.48. The molecule has 1 aromatic heterocycles. The van der Waals surface area contributed by atoms with Crippen LogP contribution in [-0.2, 0) is 27.1 Å². The number of hydrogen-bond donors (Lipinski definition) is 0. The highest BCUT2D eigenvalue weighted by Gasteiger charge is 2.48. The zero-order valence-electron chi connectivity index (χ0n) is 44.7. The fraction of sp³-hybridized carbons (Fsp3) is 0.294. The van der Waals surface area contributed by atoms with Crippen molar-refractivity contribution in [2.45, 2.75) is 129 Å². The first-order valence-corrected chi connectivity index (χ1v) is 26.9. The third-order valence-electron chi connectivity index (χ3n) is 17.9. The van der Waals surface area contributed by atoms with Gasteiger partial charge >= 0.3 is 0 Å². The maximum atomic E-state index is 7.06. The Kier molecular flexibility index (Phi) is 9.90. The molecule has 0 unspecified atom stereocenters. The molecule has 0 amide bonds. The molecule has 4 aliphatic rings. The molecule has 0 N–H and O–H groups in total. The van der Waals surface area contributed by atoms with Gasteiger partial charge in [-0.05, 0) is 176 Å². The van der Waals surface area contributed by atoms with Gasteiger partial charge in [-0.3, -0.25) is 0 Å². The molecule has 0 spiro atoms. The third-order valence-corrected chi connectivity index (χ3v) is 17.9. The van der Waals surface area contributed by atoms with Crippen LogP contribution in [-0.4, -0.2) is 6.71 Å². The number of para-hydroxylation sites is 4. The van der Waals surface area contributed by atoms with E-state index in [0.717, 1.165) is 69.6 Å². The quantitative estimate of drug-likeness (QED) is 0.160. The molecule has 0 atom stereocenters. The summed E-state index contributed by atoms with van der Waals surface area (Å²) in [4.78, 5) is 7.68. The van der Waals surface area contributed by atoms with Crippen LogP contribution < -0.4 is 31.1 Å². The topological polar surface area (TPSA) is 22.9 Å². The van der Waals surface area contributed by atoms with E-state index in [0.29, 0.717) is 0 Å². The normalized spacial score (nSPS) is 17.7. The van der Waals surface area contributed by atoms with Gasteiger partial charge < -0.3 is 19.1 Å². The molecule has 73 heavy (non-hydrogen) atoms. The molecular formula is C68H68BN3O. The number of anilines is 9. The Morgan fingerprint density at radius 3 is 1.63 bits per heavy atom. The van der Waals surface area contributed by atoms with E-state index >= 15 is 0 Å². The van der Waals surface area contributed by atoms with Crippen LogP contribution in [0.4, 0.5) is 51.2 Å². The van der Waals surface area contributed by atoms with E-state index in [1.165, 1.54) is 73.4 Å². The molecule has 0 saturated carbocycles. The minimum absolute atomic E-state index is 0.0154. The zero-order chi connectivity index (χ0) is 50.6. The van der Waals surface area contributed by atoms with Crippen molar-refractivity contribution in [1.29, 1.82) is 0 Å². The maximum absolute atomic E-state index is 7.06. The van der Waals surface area contributed by atoms with Crippen LogP contribution >= 0.6 is 0 Å². The highest BCUT2D eigenvalue weighted by molar-refractivity contribution is 7.00. The second kappa shape index (κ2) is 15.8. The second-order valence-electron chi connectivity index (χ2n) is 25.5. The molecule has 0 fully saturated rings. The Morgan fingerprint density at radius 2 is 0.986 bits per heavy atom. The predicted octanol–water partition coefficient (Wildman–Crippen LogP) is 17.1. The number of furan rings is 1. The number of fused-ring (bicyclic) bond motifs is 9. The van der Waals surface area contributed by atoms with Gasteiger partial charge in [0, 0.05) is 56.3 Å². The highest BCUT2D eigenvalue weighted by atomic mass is 16.3. The SMILES string of the molecule is CC(C)(C)c1cc2c3c(c1)N(c1cccc4c1oc1ccccc14)c1cc(N(c4ccccc4)c4ccccc4)ccc1B3c1cc3c(cc1N2c1ccc2c(c1)C(C)(C)CCC2(C)C)C(C)(C)CCC3(C)C. The molecule has 364 valence electrons. The molecule has 0 saturated heterocycles. The van der Waals surface area contributed by atoms with Crippen molar-refractivity contribution >= 4 is 96.2 Å². The first kappa shape index (κ1) is 45.9. The molecule has 13 rings (SSSR count). The van der Waals surface area contributed by atoms with Gasteiger partial charge in [-0.2, -0.15) is 0 Å². The van der Waals surface area contributed by atoms with Crippen molar-refractivity contribution in [3.8, 4) is 0 Å². The molecule has 2 aliphatic carbocycles. The monoisotopic (exact) mass is 954 g/mol.